The van der Waals surface area contributed by atoms with Crippen molar-refractivity contribution in [1.29, 1.82) is 0 Å². The topological polar surface area (TPSA) is 64.9 Å². The standard InChI is InChI=1S/C20H21N3O/c1-12-6-7-14(10-13(12)2)11-19-22-20(23-24-19)17-5-3-4-16-15(17)8-9-18(16)21/h3-7,10,18H,8-9,11,21H2,1-2H3/t18-/m1/s1. The van der Waals surface area contributed by atoms with Crippen LogP contribution in [-0.2, 0) is 12.8 Å². The summed E-state index contributed by atoms with van der Waals surface area (Å²) < 4.78 is 5.49. The van der Waals surface area contributed by atoms with Gasteiger partial charge < -0.3 is 10.3 Å². The average molecular weight is 319 g/mol. The zero-order valence-electron chi connectivity index (χ0n) is 14.0. The molecule has 1 atom stereocenters. The van der Waals surface area contributed by atoms with E-state index >= 15 is 0 Å². The molecule has 4 rings (SSSR count). The summed E-state index contributed by atoms with van der Waals surface area (Å²) in [5.41, 5.74) is 13.5. The van der Waals surface area contributed by atoms with Crippen molar-refractivity contribution in [2.75, 3.05) is 0 Å². The van der Waals surface area contributed by atoms with Crippen LogP contribution in [0.15, 0.2) is 40.9 Å². The van der Waals surface area contributed by atoms with Gasteiger partial charge in [-0.05, 0) is 54.5 Å². The van der Waals surface area contributed by atoms with E-state index in [4.69, 9.17) is 10.3 Å². The van der Waals surface area contributed by atoms with Gasteiger partial charge in [0, 0.05) is 11.6 Å². The second-order valence-electron chi connectivity index (χ2n) is 6.63. The van der Waals surface area contributed by atoms with Crippen molar-refractivity contribution < 1.29 is 4.52 Å². The van der Waals surface area contributed by atoms with E-state index in [1.807, 2.05) is 6.07 Å². The van der Waals surface area contributed by atoms with Crippen LogP contribution >= 0.6 is 0 Å². The molecule has 2 aromatic carbocycles. The van der Waals surface area contributed by atoms with E-state index in [-0.39, 0.29) is 6.04 Å². The summed E-state index contributed by atoms with van der Waals surface area (Å²) in [4.78, 5) is 4.61. The van der Waals surface area contributed by atoms with E-state index < -0.39 is 0 Å². The quantitative estimate of drug-likeness (QED) is 0.795. The number of hydrogen-bond acceptors (Lipinski definition) is 4. The SMILES string of the molecule is Cc1ccc(Cc2nc(-c3cccc4c3CC[C@H]4N)no2)cc1C. The van der Waals surface area contributed by atoms with Crippen LogP contribution in [-0.4, -0.2) is 10.1 Å². The summed E-state index contributed by atoms with van der Waals surface area (Å²) >= 11 is 0. The van der Waals surface area contributed by atoms with Gasteiger partial charge in [-0.25, -0.2) is 0 Å². The lowest BCUT2D eigenvalue weighted by Crippen LogP contribution is -2.05. The third-order valence-electron chi connectivity index (χ3n) is 4.95. The molecule has 2 N–H and O–H groups in total. The van der Waals surface area contributed by atoms with Gasteiger partial charge in [0.05, 0.1) is 6.42 Å². The molecule has 3 aromatic rings. The van der Waals surface area contributed by atoms with Gasteiger partial charge in [-0.2, -0.15) is 4.98 Å². The van der Waals surface area contributed by atoms with E-state index in [9.17, 15) is 0 Å². The highest BCUT2D eigenvalue weighted by Gasteiger charge is 2.23. The summed E-state index contributed by atoms with van der Waals surface area (Å²) in [6, 6.07) is 12.7. The van der Waals surface area contributed by atoms with E-state index in [0.717, 1.165) is 18.4 Å². The molecule has 0 amide bonds. The van der Waals surface area contributed by atoms with Gasteiger partial charge in [0.15, 0.2) is 0 Å². The third-order valence-corrected chi connectivity index (χ3v) is 4.95. The number of fused-ring (bicyclic) bond motifs is 1. The molecule has 1 aromatic heterocycles. The number of nitrogens with zero attached hydrogens (tertiary/aromatic N) is 2. The van der Waals surface area contributed by atoms with Crippen LogP contribution in [0.5, 0.6) is 0 Å². The molecular formula is C20H21N3O. The largest absolute Gasteiger partial charge is 0.339 e. The molecule has 0 saturated heterocycles. The lowest BCUT2D eigenvalue weighted by atomic mass is 10.0. The molecule has 1 aliphatic carbocycles. The predicted octanol–water partition coefficient (Wildman–Crippen LogP) is 3.89. The monoisotopic (exact) mass is 319 g/mol. The molecule has 24 heavy (non-hydrogen) atoms. The Kier molecular flexibility index (Phi) is 3.69. The van der Waals surface area contributed by atoms with Gasteiger partial charge in [-0.15, -0.1) is 0 Å². The molecule has 0 saturated carbocycles. The molecule has 0 aliphatic heterocycles. The Morgan fingerprint density at radius 3 is 2.88 bits per heavy atom. The minimum Gasteiger partial charge on any atom is -0.339 e. The van der Waals surface area contributed by atoms with Gasteiger partial charge in [-0.1, -0.05) is 41.6 Å². The van der Waals surface area contributed by atoms with Crippen LogP contribution in [0.25, 0.3) is 11.4 Å². The van der Waals surface area contributed by atoms with E-state index in [2.05, 4.69) is 54.3 Å². The molecule has 0 spiro atoms. The van der Waals surface area contributed by atoms with Gasteiger partial charge in [0.2, 0.25) is 11.7 Å². The Balaban J connectivity index is 1.63. The summed E-state index contributed by atoms with van der Waals surface area (Å²) in [5.74, 6) is 1.31. The van der Waals surface area contributed by atoms with Crippen LogP contribution < -0.4 is 5.73 Å². The molecule has 0 unspecified atom stereocenters. The highest BCUT2D eigenvalue weighted by molar-refractivity contribution is 5.63. The number of benzene rings is 2. The lowest BCUT2D eigenvalue weighted by molar-refractivity contribution is 0.385. The van der Waals surface area contributed by atoms with E-state index in [1.54, 1.807) is 0 Å². The highest BCUT2D eigenvalue weighted by atomic mass is 16.5. The van der Waals surface area contributed by atoms with Crippen LogP contribution in [0.1, 0.15) is 46.2 Å². The fraction of sp³-hybridized carbons (Fsp3) is 0.300. The Morgan fingerprint density at radius 1 is 1.17 bits per heavy atom. The lowest BCUT2D eigenvalue weighted by Gasteiger charge is -2.06. The summed E-state index contributed by atoms with van der Waals surface area (Å²) in [5, 5.41) is 4.20. The number of nitrogens with two attached hydrogens (primary N) is 1. The number of hydrogen-bond donors (Lipinski definition) is 1. The maximum absolute atomic E-state index is 6.16. The summed E-state index contributed by atoms with van der Waals surface area (Å²) in [6.07, 6.45) is 2.62. The van der Waals surface area contributed by atoms with Crippen LogP contribution in [0.3, 0.4) is 0 Å². The first-order valence-corrected chi connectivity index (χ1v) is 8.38. The maximum Gasteiger partial charge on any atom is 0.231 e. The maximum atomic E-state index is 6.16. The first-order valence-electron chi connectivity index (χ1n) is 8.38. The van der Waals surface area contributed by atoms with Gasteiger partial charge in [0.1, 0.15) is 0 Å². The minimum atomic E-state index is 0.127. The average Bonchev–Trinajstić information content (AvgIpc) is 3.18. The molecular weight excluding hydrogens is 298 g/mol. The van der Waals surface area contributed by atoms with Crippen molar-refractivity contribution >= 4 is 0 Å². The van der Waals surface area contributed by atoms with Crippen LogP contribution in [0.4, 0.5) is 0 Å². The Hall–Kier alpha value is -2.46. The molecule has 0 radical (unpaired) electrons. The zero-order valence-corrected chi connectivity index (χ0v) is 14.0. The van der Waals surface area contributed by atoms with Crippen molar-refractivity contribution in [3.63, 3.8) is 0 Å². The van der Waals surface area contributed by atoms with Crippen molar-refractivity contribution in [3.05, 3.63) is 70.1 Å². The highest BCUT2D eigenvalue weighted by Crippen LogP contribution is 2.35. The molecule has 4 heteroatoms. The van der Waals surface area contributed by atoms with Crippen LogP contribution in [0.2, 0.25) is 0 Å². The van der Waals surface area contributed by atoms with Crippen LogP contribution in [0, 0.1) is 13.8 Å². The fourth-order valence-corrected chi connectivity index (χ4v) is 3.42. The first kappa shape index (κ1) is 15.1. The normalized spacial score (nSPS) is 16.4. The van der Waals surface area contributed by atoms with Gasteiger partial charge in [0.25, 0.3) is 0 Å². The van der Waals surface area contributed by atoms with Gasteiger partial charge in [-0.3, -0.25) is 0 Å². The number of aryl methyl sites for hydroxylation is 2. The van der Waals surface area contributed by atoms with Crippen molar-refractivity contribution in [2.45, 2.75) is 39.2 Å². The van der Waals surface area contributed by atoms with Gasteiger partial charge >= 0.3 is 0 Å². The first-order chi connectivity index (χ1) is 11.6. The summed E-state index contributed by atoms with van der Waals surface area (Å²) in [6.45, 7) is 4.24. The van der Waals surface area contributed by atoms with Crippen molar-refractivity contribution in [3.8, 4) is 11.4 Å². The molecule has 4 nitrogen and oxygen atoms in total. The minimum absolute atomic E-state index is 0.127. The second-order valence-corrected chi connectivity index (χ2v) is 6.63. The Morgan fingerprint density at radius 2 is 2.04 bits per heavy atom. The summed E-state index contributed by atoms with van der Waals surface area (Å²) in [7, 11) is 0. The fourth-order valence-electron chi connectivity index (χ4n) is 3.42. The van der Waals surface area contributed by atoms with E-state index in [1.165, 1.54) is 27.8 Å². The van der Waals surface area contributed by atoms with E-state index in [0.29, 0.717) is 18.1 Å². The molecule has 1 aliphatic rings. The zero-order chi connectivity index (χ0) is 16.7. The Labute approximate surface area is 141 Å². The molecule has 122 valence electrons. The smallest absolute Gasteiger partial charge is 0.231 e. The molecule has 1 heterocycles. The second kappa shape index (κ2) is 5.87. The van der Waals surface area contributed by atoms with Crippen molar-refractivity contribution in [1.82, 2.24) is 10.1 Å². The predicted molar refractivity (Wildman–Crippen MR) is 93.7 cm³/mol. The number of aromatic nitrogens is 2. The molecule has 0 fully saturated rings. The number of rotatable bonds is 3. The van der Waals surface area contributed by atoms with Crippen molar-refractivity contribution in [2.24, 2.45) is 5.73 Å². The third kappa shape index (κ3) is 2.63. The molecule has 0 bridgehead atoms. The Bertz CT molecular complexity index is 898.